The van der Waals surface area contributed by atoms with Crippen LogP contribution in [0.5, 0.6) is 0 Å². The van der Waals surface area contributed by atoms with Gasteiger partial charge in [0.05, 0.1) is 21.7 Å². The molecule has 5 heteroatoms. The number of fused-ring (bicyclic) bond motifs is 1. The van der Waals surface area contributed by atoms with Crippen molar-refractivity contribution in [1.82, 2.24) is 4.98 Å². The molecule has 0 amide bonds. The molecule has 0 aliphatic heterocycles. The van der Waals surface area contributed by atoms with Crippen LogP contribution in [0.3, 0.4) is 0 Å². The van der Waals surface area contributed by atoms with E-state index >= 15 is 0 Å². The highest BCUT2D eigenvalue weighted by Gasteiger charge is 2.07. The van der Waals surface area contributed by atoms with Gasteiger partial charge >= 0.3 is 0 Å². The molecule has 2 rings (SSSR count). The Morgan fingerprint density at radius 1 is 1.36 bits per heavy atom. The molecule has 2 aromatic rings. The lowest BCUT2D eigenvalue weighted by Crippen LogP contribution is -2.22. The van der Waals surface area contributed by atoms with Crippen LogP contribution < -0.4 is 5.11 Å². The highest BCUT2D eigenvalue weighted by atomic mass is 35.5. The van der Waals surface area contributed by atoms with Crippen LogP contribution in [0.15, 0.2) is 18.2 Å². The quantitative estimate of drug-likeness (QED) is 0.810. The van der Waals surface area contributed by atoms with E-state index in [1.165, 1.54) is 6.07 Å². The second kappa shape index (κ2) is 3.19. The molecule has 14 heavy (non-hydrogen) atoms. The smallest absolute Gasteiger partial charge is 0.0878 e. The number of aromatic nitrogens is 1. The first-order valence-corrected chi connectivity index (χ1v) is 4.53. The van der Waals surface area contributed by atoms with Gasteiger partial charge in [0.1, 0.15) is 0 Å². The molecule has 0 bridgehead atoms. The van der Waals surface area contributed by atoms with Crippen molar-refractivity contribution in [2.75, 3.05) is 0 Å². The topological polar surface area (TPSA) is 55.9 Å². The number of carboxylic acid groups (broad SMARTS) is 1. The molecule has 0 radical (unpaired) electrons. The monoisotopic (exact) mass is 228 g/mol. The molecule has 0 fully saturated rings. The van der Waals surface area contributed by atoms with Crippen LogP contribution in [0.2, 0.25) is 10.0 Å². The number of aromatic amines is 1. The maximum absolute atomic E-state index is 10.5. The minimum absolute atomic E-state index is 0.0100. The van der Waals surface area contributed by atoms with Gasteiger partial charge in [-0.3, -0.25) is 0 Å². The van der Waals surface area contributed by atoms with Crippen molar-refractivity contribution in [3.05, 3.63) is 33.9 Å². The van der Waals surface area contributed by atoms with Crippen molar-refractivity contribution in [3.8, 4) is 0 Å². The Morgan fingerprint density at radius 3 is 2.71 bits per heavy atom. The highest BCUT2D eigenvalue weighted by Crippen LogP contribution is 2.30. The third-order valence-electron chi connectivity index (χ3n) is 1.91. The Balaban J connectivity index is 2.77. The van der Waals surface area contributed by atoms with Gasteiger partial charge in [-0.05, 0) is 18.2 Å². The van der Waals surface area contributed by atoms with Crippen molar-refractivity contribution < 1.29 is 9.90 Å². The van der Waals surface area contributed by atoms with Crippen molar-refractivity contribution in [2.45, 2.75) is 0 Å². The number of hydrogen-bond acceptors (Lipinski definition) is 2. The largest absolute Gasteiger partial charge is 0.543 e. The molecule has 0 saturated heterocycles. The predicted octanol–water partition coefficient (Wildman–Crippen LogP) is 1.84. The molecule has 0 unspecified atom stereocenters. The summed E-state index contributed by atoms with van der Waals surface area (Å²) in [5.74, 6) is -1.27. The van der Waals surface area contributed by atoms with E-state index in [9.17, 15) is 9.90 Å². The summed E-state index contributed by atoms with van der Waals surface area (Å²) in [7, 11) is 0. The fourth-order valence-electron chi connectivity index (χ4n) is 1.25. The summed E-state index contributed by atoms with van der Waals surface area (Å²) in [5.41, 5.74) is 0.614. The number of aromatic carboxylic acids is 1. The van der Waals surface area contributed by atoms with Crippen LogP contribution in [-0.2, 0) is 0 Å². The zero-order valence-corrected chi connectivity index (χ0v) is 8.32. The van der Waals surface area contributed by atoms with Gasteiger partial charge in [-0.2, -0.15) is 0 Å². The molecule has 0 aliphatic rings. The van der Waals surface area contributed by atoms with Gasteiger partial charge in [-0.25, -0.2) is 0 Å². The number of nitrogens with one attached hydrogen (secondary N) is 1. The lowest BCUT2D eigenvalue weighted by Gasteiger charge is -1.95. The number of carboxylic acids is 1. The number of hydrogen-bond donors (Lipinski definition) is 1. The first-order valence-electron chi connectivity index (χ1n) is 3.77. The Kier molecular flexibility index (Phi) is 2.13. The van der Waals surface area contributed by atoms with Crippen molar-refractivity contribution in [3.63, 3.8) is 0 Å². The highest BCUT2D eigenvalue weighted by molar-refractivity contribution is 6.45. The maximum atomic E-state index is 10.5. The van der Waals surface area contributed by atoms with Gasteiger partial charge in [-0.1, -0.05) is 23.2 Å². The third kappa shape index (κ3) is 1.35. The Labute approximate surface area is 89.2 Å². The zero-order chi connectivity index (χ0) is 10.3. The predicted molar refractivity (Wildman–Crippen MR) is 52.6 cm³/mol. The van der Waals surface area contributed by atoms with Crippen LogP contribution in [0.25, 0.3) is 10.9 Å². The van der Waals surface area contributed by atoms with E-state index < -0.39 is 5.97 Å². The lowest BCUT2D eigenvalue weighted by molar-refractivity contribution is -0.255. The molecule has 0 spiro atoms. The molecule has 1 heterocycles. The van der Waals surface area contributed by atoms with Gasteiger partial charge in [0, 0.05) is 10.9 Å². The van der Waals surface area contributed by atoms with Crippen LogP contribution in [-0.4, -0.2) is 11.0 Å². The minimum atomic E-state index is -1.27. The molecule has 0 atom stereocenters. The first-order chi connectivity index (χ1) is 6.59. The van der Waals surface area contributed by atoms with E-state index in [4.69, 9.17) is 23.2 Å². The van der Waals surface area contributed by atoms with Crippen LogP contribution in [0, 0.1) is 0 Å². The van der Waals surface area contributed by atoms with Gasteiger partial charge in [0.2, 0.25) is 0 Å². The number of carbonyl (C=O) groups is 1. The van der Waals surface area contributed by atoms with E-state index in [-0.39, 0.29) is 5.69 Å². The molecule has 1 aromatic carbocycles. The molecule has 1 N–H and O–H groups in total. The molecular formula is C9H4Cl2NO2-. The fourth-order valence-corrected chi connectivity index (χ4v) is 1.64. The normalized spacial score (nSPS) is 10.7. The summed E-state index contributed by atoms with van der Waals surface area (Å²) in [6.07, 6.45) is 0. The first kappa shape index (κ1) is 9.37. The molecule has 0 aliphatic carbocycles. The minimum Gasteiger partial charge on any atom is -0.543 e. The lowest BCUT2D eigenvalue weighted by atomic mass is 10.2. The number of halogens is 2. The van der Waals surface area contributed by atoms with Gasteiger partial charge in [0.25, 0.3) is 0 Å². The standard InChI is InChI=1S/C9H5Cl2NO2/c10-5-1-2-6-4(8(5)11)3-7(12-6)9(13)14/h1-3,12H,(H,13,14)/p-1. The SMILES string of the molecule is O=C([O-])c1cc2c(Cl)c(Cl)ccc2[nH]1. The summed E-state index contributed by atoms with van der Waals surface area (Å²) < 4.78 is 0. The van der Waals surface area contributed by atoms with E-state index in [2.05, 4.69) is 4.98 Å². The van der Waals surface area contributed by atoms with Crippen molar-refractivity contribution in [1.29, 1.82) is 0 Å². The summed E-state index contributed by atoms with van der Waals surface area (Å²) in [5, 5.41) is 11.9. The summed E-state index contributed by atoms with van der Waals surface area (Å²) >= 11 is 11.6. The van der Waals surface area contributed by atoms with Crippen LogP contribution >= 0.6 is 23.2 Å². The van der Waals surface area contributed by atoms with Crippen molar-refractivity contribution in [2.24, 2.45) is 0 Å². The molecular weight excluding hydrogens is 225 g/mol. The number of carbonyl (C=O) groups excluding carboxylic acids is 1. The van der Waals surface area contributed by atoms with Crippen LogP contribution in [0.1, 0.15) is 10.5 Å². The van der Waals surface area contributed by atoms with Gasteiger partial charge < -0.3 is 14.9 Å². The van der Waals surface area contributed by atoms with E-state index in [0.717, 1.165) is 0 Å². The second-order valence-corrected chi connectivity index (χ2v) is 3.58. The third-order valence-corrected chi connectivity index (χ3v) is 2.73. The molecule has 1 aromatic heterocycles. The number of rotatable bonds is 1. The average Bonchev–Trinajstić information content (AvgIpc) is 2.56. The fraction of sp³-hybridized carbons (Fsp3) is 0. The maximum Gasteiger partial charge on any atom is 0.0878 e. The summed E-state index contributed by atoms with van der Waals surface area (Å²) in [6.45, 7) is 0. The summed E-state index contributed by atoms with van der Waals surface area (Å²) in [6, 6.07) is 4.66. The number of H-pyrrole nitrogens is 1. The number of benzene rings is 1. The van der Waals surface area contributed by atoms with E-state index in [0.29, 0.717) is 20.9 Å². The van der Waals surface area contributed by atoms with E-state index in [1.54, 1.807) is 12.1 Å². The van der Waals surface area contributed by atoms with Gasteiger partial charge in [0.15, 0.2) is 0 Å². The Hall–Kier alpha value is -1.19. The zero-order valence-electron chi connectivity index (χ0n) is 6.80. The Bertz CT molecular complexity index is 519. The average molecular weight is 229 g/mol. The van der Waals surface area contributed by atoms with Crippen molar-refractivity contribution >= 4 is 40.1 Å². The Morgan fingerprint density at radius 2 is 2.07 bits per heavy atom. The second-order valence-electron chi connectivity index (χ2n) is 2.79. The summed E-state index contributed by atoms with van der Waals surface area (Å²) in [4.78, 5) is 13.2. The van der Waals surface area contributed by atoms with Gasteiger partial charge in [-0.15, -0.1) is 0 Å². The van der Waals surface area contributed by atoms with E-state index in [1.807, 2.05) is 0 Å². The molecule has 3 nitrogen and oxygen atoms in total. The molecule has 0 saturated carbocycles. The molecule has 72 valence electrons. The van der Waals surface area contributed by atoms with Crippen LogP contribution in [0.4, 0.5) is 0 Å².